The minimum Gasteiger partial charge on any atom is -0.497 e. The van der Waals surface area contributed by atoms with Gasteiger partial charge in [0.25, 0.3) is 0 Å². The van der Waals surface area contributed by atoms with Crippen LogP contribution in [0.4, 0.5) is 38.4 Å². The lowest BCUT2D eigenvalue weighted by Gasteiger charge is -2.33. The van der Waals surface area contributed by atoms with Crippen LogP contribution in [0.25, 0.3) is 22.3 Å². The molecule has 0 spiro atoms. The summed E-state index contributed by atoms with van der Waals surface area (Å²) in [5, 5.41) is 0.103. The highest BCUT2D eigenvalue weighted by atomic mass is 19.4. The lowest BCUT2D eigenvalue weighted by atomic mass is 9.95. The first kappa shape index (κ1) is 47.5. The number of rotatable bonds is 13. The molecule has 358 valence electrons. The van der Waals surface area contributed by atoms with Crippen LogP contribution >= 0.6 is 0 Å². The molecule has 4 atom stereocenters. The van der Waals surface area contributed by atoms with Gasteiger partial charge in [-0.3, -0.25) is 9.88 Å². The standard InChI is InChI=1S/C49H57F5N8O5/c1-29-22-38(60(25-31-10-14-34(64-7)15-11-31)26-32-12-16-35(65-8)17-13-32)56-42(39(29)49(52,53)54)43-40(51)41-36(24-55-43)44(59(6)37-18-21-62(30(37)2)46(63)67-47(3,4)5)58-45(57-41)66-28-48-19-9-20-61(48)27-33(50)23-48/h10-17,22,24,30,33,37H,9,18-21,23,25-28H2,1-8H3/t30-,33-,37-,48+/m1/s1. The van der Waals surface area contributed by atoms with Gasteiger partial charge in [-0.15, -0.1) is 0 Å². The Hall–Kier alpha value is -6.04. The van der Waals surface area contributed by atoms with E-state index >= 15 is 17.6 Å². The summed E-state index contributed by atoms with van der Waals surface area (Å²) in [6.45, 7) is 10.4. The number of likely N-dealkylation sites (N-methyl/N-ethyl adjacent to an activating group) is 1. The topological polar surface area (TPSA) is 119 Å². The third-order valence-corrected chi connectivity index (χ3v) is 13.1. The van der Waals surface area contributed by atoms with Crippen molar-refractivity contribution in [2.24, 2.45) is 0 Å². The van der Waals surface area contributed by atoms with Gasteiger partial charge < -0.3 is 33.6 Å². The van der Waals surface area contributed by atoms with E-state index in [1.807, 2.05) is 31.2 Å². The molecule has 0 N–H and O–H groups in total. The van der Waals surface area contributed by atoms with Crippen LogP contribution in [0.2, 0.25) is 0 Å². The number of amides is 1. The molecule has 6 heterocycles. The number of carbonyl (C=O) groups is 1. The highest BCUT2D eigenvalue weighted by Crippen LogP contribution is 2.44. The van der Waals surface area contributed by atoms with E-state index in [9.17, 15) is 9.18 Å². The lowest BCUT2D eigenvalue weighted by Crippen LogP contribution is -2.45. The van der Waals surface area contributed by atoms with E-state index in [2.05, 4.69) is 19.9 Å². The van der Waals surface area contributed by atoms with Crippen LogP contribution < -0.4 is 24.0 Å². The van der Waals surface area contributed by atoms with Crippen LogP contribution in [0.15, 0.2) is 60.8 Å². The van der Waals surface area contributed by atoms with Crippen molar-refractivity contribution in [2.45, 2.75) is 109 Å². The van der Waals surface area contributed by atoms with Crippen molar-refractivity contribution in [3.8, 4) is 28.9 Å². The number of hydrogen-bond donors (Lipinski definition) is 0. The Kier molecular flexibility index (Phi) is 13.1. The Labute approximate surface area is 387 Å². The maximum Gasteiger partial charge on any atom is 0.418 e. The first-order valence-corrected chi connectivity index (χ1v) is 22.5. The van der Waals surface area contributed by atoms with Gasteiger partial charge in [0.15, 0.2) is 5.82 Å². The van der Waals surface area contributed by atoms with Gasteiger partial charge in [0.05, 0.1) is 42.8 Å². The Balaban J connectivity index is 1.24. The zero-order valence-electron chi connectivity index (χ0n) is 39.1. The summed E-state index contributed by atoms with van der Waals surface area (Å²) in [5.74, 6) is 0.442. The molecule has 13 nitrogen and oxygen atoms in total. The third-order valence-electron chi connectivity index (χ3n) is 13.1. The average Bonchev–Trinajstić information content (AvgIpc) is 3.95. The fourth-order valence-electron chi connectivity index (χ4n) is 9.81. The third kappa shape index (κ3) is 9.86. The molecule has 3 saturated heterocycles. The van der Waals surface area contributed by atoms with Gasteiger partial charge in [-0.1, -0.05) is 24.3 Å². The molecule has 3 aliphatic heterocycles. The second kappa shape index (κ2) is 18.6. The number of aryl methyl sites for hydroxylation is 1. The molecule has 0 unspecified atom stereocenters. The van der Waals surface area contributed by atoms with Crippen LogP contribution in [0.3, 0.4) is 0 Å². The van der Waals surface area contributed by atoms with Crippen molar-refractivity contribution in [2.75, 3.05) is 57.3 Å². The molecule has 0 bridgehead atoms. The Morgan fingerprint density at radius 1 is 0.925 bits per heavy atom. The number of ether oxygens (including phenoxy) is 4. The fraction of sp³-hybridized carbons (Fsp3) is 0.490. The molecule has 0 aliphatic carbocycles. The highest BCUT2D eigenvalue weighted by molar-refractivity contribution is 5.92. The fourth-order valence-corrected chi connectivity index (χ4v) is 9.81. The van der Waals surface area contributed by atoms with Gasteiger partial charge >= 0.3 is 18.3 Å². The molecule has 2 aromatic carbocycles. The molecule has 3 fully saturated rings. The number of likely N-dealkylation sites (tertiary alicyclic amines) is 1. The summed E-state index contributed by atoms with van der Waals surface area (Å²) in [5.41, 5.74) is -2.76. The van der Waals surface area contributed by atoms with Gasteiger partial charge in [-0.2, -0.15) is 23.1 Å². The lowest BCUT2D eigenvalue weighted by molar-refractivity contribution is -0.137. The Morgan fingerprint density at radius 3 is 2.16 bits per heavy atom. The predicted molar refractivity (Wildman–Crippen MR) is 244 cm³/mol. The zero-order chi connectivity index (χ0) is 48.0. The SMILES string of the molecule is COc1ccc(CN(Cc2ccc(OC)cc2)c2cc(C)c(C(F)(F)F)c(-c3ncc4c(N(C)[C@@H]5CCN(C(=O)OC(C)(C)C)[C@@H]5C)nc(OC[C@@]56CCCN5C[C@H](F)C6)nc4c3F)n2)cc1. The van der Waals surface area contributed by atoms with Crippen molar-refractivity contribution < 1.29 is 45.7 Å². The number of methoxy groups -OCH3 is 2. The Bertz CT molecular complexity index is 2550. The van der Waals surface area contributed by atoms with E-state index in [-0.39, 0.29) is 78.9 Å². The minimum atomic E-state index is -4.96. The number of fused-ring (bicyclic) bond motifs is 2. The zero-order valence-corrected chi connectivity index (χ0v) is 39.1. The van der Waals surface area contributed by atoms with Crippen molar-refractivity contribution in [1.82, 2.24) is 29.7 Å². The first-order chi connectivity index (χ1) is 31.8. The van der Waals surface area contributed by atoms with E-state index in [1.165, 1.54) is 19.2 Å². The van der Waals surface area contributed by atoms with Crippen molar-refractivity contribution in [3.63, 3.8) is 0 Å². The van der Waals surface area contributed by atoms with Crippen LogP contribution in [0.1, 0.15) is 75.6 Å². The minimum absolute atomic E-state index is 0.0210. The summed E-state index contributed by atoms with van der Waals surface area (Å²) in [7, 11) is 4.85. The second-order valence-corrected chi connectivity index (χ2v) is 18.8. The molecule has 8 rings (SSSR count). The number of halogens is 5. The van der Waals surface area contributed by atoms with Gasteiger partial charge in [-0.25, -0.2) is 18.6 Å². The van der Waals surface area contributed by atoms with Gasteiger partial charge in [0.2, 0.25) is 0 Å². The number of carbonyl (C=O) groups excluding carboxylic acids is 1. The predicted octanol–water partition coefficient (Wildman–Crippen LogP) is 9.57. The maximum absolute atomic E-state index is 17.6. The molecule has 0 saturated carbocycles. The first-order valence-electron chi connectivity index (χ1n) is 22.5. The van der Waals surface area contributed by atoms with E-state index < -0.39 is 52.3 Å². The molecule has 3 aliphatic rings. The number of anilines is 2. The number of alkyl halides is 4. The Morgan fingerprint density at radius 2 is 1.57 bits per heavy atom. The van der Waals surface area contributed by atoms with Gasteiger partial charge in [0, 0.05) is 45.8 Å². The van der Waals surface area contributed by atoms with E-state index in [0.717, 1.165) is 17.5 Å². The molecular weight excluding hydrogens is 876 g/mol. The number of hydrogen-bond acceptors (Lipinski definition) is 12. The molecule has 5 aromatic rings. The highest BCUT2D eigenvalue weighted by Gasteiger charge is 2.50. The largest absolute Gasteiger partial charge is 0.497 e. The van der Waals surface area contributed by atoms with Crippen molar-refractivity contribution in [3.05, 3.63) is 88.9 Å². The van der Waals surface area contributed by atoms with Crippen molar-refractivity contribution in [1.29, 1.82) is 0 Å². The number of aromatic nitrogens is 4. The summed E-state index contributed by atoms with van der Waals surface area (Å²) in [6.07, 6.45) is -2.93. The number of pyridine rings is 2. The average molecular weight is 933 g/mol. The van der Waals surface area contributed by atoms with Crippen LogP contribution in [-0.2, 0) is 24.0 Å². The molecule has 67 heavy (non-hydrogen) atoms. The molecule has 1 amide bonds. The molecule has 18 heteroatoms. The maximum atomic E-state index is 17.6. The second-order valence-electron chi connectivity index (χ2n) is 18.8. The summed E-state index contributed by atoms with van der Waals surface area (Å²) >= 11 is 0. The summed E-state index contributed by atoms with van der Waals surface area (Å²) < 4.78 is 101. The summed E-state index contributed by atoms with van der Waals surface area (Å²) in [6, 6.07) is 14.9. The summed E-state index contributed by atoms with van der Waals surface area (Å²) in [4.78, 5) is 38.8. The molecule has 3 aromatic heterocycles. The van der Waals surface area contributed by atoms with Gasteiger partial charge in [0.1, 0.15) is 58.4 Å². The van der Waals surface area contributed by atoms with E-state index in [1.54, 1.807) is 81.0 Å². The van der Waals surface area contributed by atoms with E-state index in [0.29, 0.717) is 37.4 Å². The van der Waals surface area contributed by atoms with Crippen molar-refractivity contribution >= 4 is 28.6 Å². The normalized spacial score (nSPS) is 20.9. The quantitative estimate of drug-likeness (QED) is 0.105. The van der Waals surface area contributed by atoms with Gasteiger partial charge in [-0.05, 0) is 107 Å². The monoisotopic (exact) mass is 932 g/mol. The smallest absolute Gasteiger partial charge is 0.418 e. The van der Waals surface area contributed by atoms with Crippen LogP contribution in [0.5, 0.6) is 17.5 Å². The van der Waals surface area contributed by atoms with Crippen LogP contribution in [0, 0.1) is 12.7 Å². The van der Waals surface area contributed by atoms with Crippen LogP contribution in [-0.4, -0.2) is 113 Å². The number of nitrogens with zero attached hydrogens (tertiary/aromatic N) is 8. The molecule has 0 radical (unpaired) electrons. The van der Waals surface area contributed by atoms with E-state index in [4.69, 9.17) is 23.9 Å². The molecular formula is C49H57F5N8O5. The number of benzene rings is 2.